The topological polar surface area (TPSA) is 55.3 Å². The Labute approximate surface area is 98.6 Å². The molecule has 0 aliphatic carbocycles. The third-order valence-corrected chi connectivity index (χ3v) is 2.90. The highest BCUT2D eigenvalue weighted by Crippen LogP contribution is 2.16. The van der Waals surface area contributed by atoms with Crippen molar-refractivity contribution in [2.75, 3.05) is 11.4 Å². The summed E-state index contributed by atoms with van der Waals surface area (Å²) in [6.07, 6.45) is 5.80. The highest BCUT2D eigenvalue weighted by molar-refractivity contribution is 5.63. The zero-order chi connectivity index (χ0) is 11.7. The summed E-state index contributed by atoms with van der Waals surface area (Å²) in [4.78, 5) is 2.15. The van der Waals surface area contributed by atoms with Crippen LogP contribution in [0.3, 0.4) is 0 Å². The van der Waals surface area contributed by atoms with Gasteiger partial charge in [-0.1, -0.05) is 17.3 Å². The first-order valence-electron chi connectivity index (χ1n) is 5.55. The number of anilines is 1. The summed E-state index contributed by atoms with van der Waals surface area (Å²) in [6.45, 7) is 1.37. The van der Waals surface area contributed by atoms with Crippen molar-refractivity contribution in [2.24, 2.45) is 5.73 Å². The summed E-state index contributed by atoms with van der Waals surface area (Å²) >= 11 is 0. The zero-order valence-corrected chi connectivity index (χ0v) is 9.34. The van der Waals surface area contributed by atoms with Crippen LogP contribution >= 0.6 is 0 Å². The van der Waals surface area contributed by atoms with Gasteiger partial charge in [-0.15, -0.1) is 0 Å². The molecule has 2 N–H and O–H groups in total. The first kappa shape index (κ1) is 10.1. The molecule has 3 rings (SSSR count). The Morgan fingerprint density at radius 1 is 1.29 bits per heavy atom. The van der Waals surface area contributed by atoms with Gasteiger partial charge in [0.25, 0.3) is 0 Å². The van der Waals surface area contributed by atoms with Crippen molar-refractivity contribution in [1.29, 1.82) is 0 Å². The van der Waals surface area contributed by atoms with E-state index in [1.54, 1.807) is 6.20 Å². The third-order valence-electron chi connectivity index (χ3n) is 2.90. The molecule has 0 fully saturated rings. The SMILES string of the molecule is NCc1ccc(N2C=c3cnoc3=CC2)cc1. The van der Waals surface area contributed by atoms with E-state index in [1.165, 1.54) is 0 Å². The van der Waals surface area contributed by atoms with Gasteiger partial charge < -0.3 is 15.2 Å². The highest BCUT2D eigenvalue weighted by atomic mass is 16.5. The van der Waals surface area contributed by atoms with Gasteiger partial charge in [-0.2, -0.15) is 0 Å². The molecule has 0 bridgehead atoms. The molecule has 1 aliphatic rings. The molecule has 0 atom stereocenters. The normalized spacial score (nSPS) is 13.8. The van der Waals surface area contributed by atoms with E-state index < -0.39 is 0 Å². The van der Waals surface area contributed by atoms with Crippen molar-refractivity contribution in [3.63, 3.8) is 0 Å². The predicted octanol–water partition coefficient (Wildman–Crippen LogP) is 0.172. The number of fused-ring (bicyclic) bond motifs is 1. The second kappa shape index (κ2) is 4.07. The second-order valence-electron chi connectivity index (χ2n) is 4.00. The van der Waals surface area contributed by atoms with Gasteiger partial charge >= 0.3 is 0 Å². The standard InChI is InChI=1S/C13H13N3O/c14-7-10-1-3-12(4-2-10)16-6-5-13-11(9-16)8-15-17-13/h1-5,8-9H,6-7,14H2. The Morgan fingerprint density at radius 3 is 2.88 bits per heavy atom. The van der Waals surface area contributed by atoms with Crippen LogP contribution in [-0.4, -0.2) is 11.7 Å². The molecule has 1 aromatic heterocycles. The summed E-state index contributed by atoms with van der Waals surface area (Å²) < 4.78 is 5.10. The maximum Gasteiger partial charge on any atom is 0.166 e. The average molecular weight is 227 g/mol. The van der Waals surface area contributed by atoms with E-state index in [1.807, 2.05) is 24.4 Å². The van der Waals surface area contributed by atoms with E-state index in [9.17, 15) is 0 Å². The van der Waals surface area contributed by atoms with Crippen LogP contribution in [0.25, 0.3) is 12.3 Å². The van der Waals surface area contributed by atoms with E-state index in [4.69, 9.17) is 10.3 Å². The number of benzene rings is 1. The lowest BCUT2D eigenvalue weighted by Crippen LogP contribution is -2.32. The lowest BCUT2D eigenvalue weighted by Gasteiger charge is -2.20. The zero-order valence-electron chi connectivity index (χ0n) is 9.34. The van der Waals surface area contributed by atoms with Gasteiger partial charge in [0.2, 0.25) is 0 Å². The molecule has 4 heteroatoms. The van der Waals surface area contributed by atoms with Gasteiger partial charge in [-0.3, -0.25) is 0 Å². The Balaban J connectivity index is 1.96. The van der Waals surface area contributed by atoms with Crippen LogP contribution in [0.2, 0.25) is 0 Å². The Kier molecular flexibility index (Phi) is 2.42. The molecule has 86 valence electrons. The fourth-order valence-electron chi connectivity index (χ4n) is 1.91. The molecule has 0 spiro atoms. The van der Waals surface area contributed by atoms with Gasteiger partial charge in [0.15, 0.2) is 5.42 Å². The molecule has 0 radical (unpaired) electrons. The smallest absolute Gasteiger partial charge is 0.166 e. The minimum Gasteiger partial charge on any atom is -0.357 e. The molecule has 0 unspecified atom stereocenters. The van der Waals surface area contributed by atoms with Crippen molar-refractivity contribution in [3.05, 3.63) is 46.7 Å². The van der Waals surface area contributed by atoms with Crippen molar-refractivity contribution in [3.8, 4) is 0 Å². The van der Waals surface area contributed by atoms with Crippen LogP contribution in [0.5, 0.6) is 0 Å². The van der Waals surface area contributed by atoms with Crippen molar-refractivity contribution in [1.82, 2.24) is 5.16 Å². The van der Waals surface area contributed by atoms with E-state index >= 15 is 0 Å². The molecular weight excluding hydrogens is 214 g/mol. The molecule has 2 aromatic rings. The predicted molar refractivity (Wildman–Crippen MR) is 66.4 cm³/mol. The quantitative estimate of drug-likeness (QED) is 0.794. The van der Waals surface area contributed by atoms with Crippen molar-refractivity contribution in [2.45, 2.75) is 6.54 Å². The van der Waals surface area contributed by atoms with Crippen LogP contribution < -0.4 is 21.3 Å². The first-order chi connectivity index (χ1) is 8.36. The summed E-state index contributed by atoms with van der Waals surface area (Å²) in [5.41, 5.74) is 8.71. The minimum absolute atomic E-state index is 0.575. The van der Waals surface area contributed by atoms with Gasteiger partial charge in [-0.25, -0.2) is 0 Å². The summed E-state index contributed by atoms with van der Waals surface area (Å²) in [5.74, 6) is 0. The minimum atomic E-state index is 0.575. The number of nitrogens with two attached hydrogens (primary N) is 1. The summed E-state index contributed by atoms with van der Waals surface area (Å²) in [5, 5.41) is 4.79. The molecule has 4 nitrogen and oxygen atoms in total. The highest BCUT2D eigenvalue weighted by Gasteiger charge is 2.07. The molecule has 1 aromatic carbocycles. The fourth-order valence-corrected chi connectivity index (χ4v) is 1.91. The van der Waals surface area contributed by atoms with Gasteiger partial charge in [-0.05, 0) is 23.8 Å². The number of nitrogens with zero attached hydrogens (tertiary/aromatic N) is 2. The molecular formula is C13H13N3O. The summed E-state index contributed by atoms with van der Waals surface area (Å²) in [7, 11) is 0. The number of aromatic nitrogens is 1. The number of rotatable bonds is 2. The lowest BCUT2D eigenvalue weighted by atomic mass is 10.2. The molecule has 0 amide bonds. The maximum absolute atomic E-state index is 5.58. The molecule has 0 saturated carbocycles. The van der Waals surface area contributed by atoms with Crippen LogP contribution in [0.4, 0.5) is 5.69 Å². The van der Waals surface area contributed by atoms with Crippen LogP contribution in [-0.2, 0) is 6.54 Å². The lowest BCUT2D eigenvalue weighted by molar-refractivity contribution is 0.393. The van der Waals surface area contributed by atoms with Crippen molar-refractivity contribution >= 4 is 18.0 Å². The second-order valence-corrected chi connectivity index (χ2v) is 4.00. The molecule has 1 aliphatic heterocycles. The van der Waals surface area contributed by atoms with Gasteiger partial charge in [0, 0.05) is 25.0 Å². The first-order valence-corrected chi connectivity index (χ1v) is 5.55. The number of hydrogen-bond donors (Lipinski definition) is 1. The van der Waals surface area contributed by atoms with Gasteiger partial charge in [0.05, 0.1) is 11.4 Å². The van der Waals surface area contributed by atoms with E-state index in [-0.39, 0.29) is 0 Å². The van der Waals surface area contributed by atoms with Crippen LogP contribution in [0, 0.1) is 0 Å². The molecule has 2 heterocycles. The maximum atomic E-state index is 5.58. The van der Waals surface area contributed by atoms with Crippen molar-refractivity contribution < 1.29 is 4.52 Å². The van der Waals surface area contributed by atoms with E-state index in [0.29, 0.717) is 6.54 Å². The van der Waals surface area contributed by atoms with Crippen LogP contribution in [0.15, 0.2) is 35.0 Å². The van der Waals surface area contributed by atoms with Gasteiger partial charge in [0.1, 0.15) is 0 Å². The number of hydrogen-bond acceptors (Lipinski definition) is 4. The average Bonchev–Trinajstić information content (AvgIpc) is 2.86. The summed E-state index contributed by atoms with van der Waals surface area (Å²) in [6, 6.07) is 8.24. The van der Waals surface area contributed by atoms with E-state index in [2.05, 4.69) is 22.2 Å². The van der Waals surface area contributed by atoms with E-state index in [0.717, 1.165) is 28.4 Å². The largest absolute Gasteiger partial charge is 0.357 e. The molecule has 17 heavy (non-hydrogen) atoms. The fraction of sp³-hybridized carbons (Fsp3) is 0.154. The third kappa shape index (κ3) is 1.83. The Hall–Kier alpha value is -2.07. The Bertz CT molecular complexity index is 627. The monoisotopic (exact) mass is 227 g/mol. The Morgan fingerprint density at radius 2 is 2.12 bits per heavy atom. The molecule has 0 saturated heterocycles. The van der Waals surface area contributed by atoms with Crippen LogP contribution in [0.1, 0.15) is 5.56 Å².